The molecular weight excluding hydrogens is 272 g/mol. The van der Waals surface area contributed by atoms with Crippen molar-refractivity contribution in [2.24, 2.45) is 0 Å². The Morgan fingerprint density at radius 2 is 2.00 bits per heavy atom. The Labute approximate surface area is 125 Å². The smallest absolute Gasteiger partial charge is 0.318 e. The van der Waals surface area contributed by atoms with E-state index < -0.39 is 6.10 Å². The van der Waals surface area contributed by atoms with Crippen molar-refractivity contribution in [2.75, 3.05) is 13.2 Å². The van der Waals surface area contributed by atoms with Gasteiger partial charge >= 0.3 is 6.03 Å². The molecule has 1 heterocycles. The number of urea groups is 1. The Balaban J connectivity index is 2.78. The van der Waals surface area contributed by atoms with Gasteiger partial charge in [0.2, 0.25) is 0 Å². The molecule has 3 atom stereocenters. The van der Waals surface area contributed by atoms with Gasteiger partial charge in [0, 0.05) is 12.1 Å². The van der Waals surface area contributed by atoms with Crippen LogP contribution in [0.25, 0.3) is 0 Å². The lowest BCUT2D eigenvalue weighted by Crippen LogP contribution is -2.49. The van der Waals surface area contributed by atoms with Gasteiger partial charge in [-0.1, -0.05) is 0 Å². The van der Waals surface area contributed by atoms with Gasteiger partial charge in [0.05, 0.1) is 24.8 Å². The summed E-state index contributed by atoms with van der Waals surface area (Å²) < 4.78 is 5.47. The van der Waals surface area contributed by atoms with E-state index in [-0.39, 0.29) is 31.3 Å². The summed E-state index contributed by atoms with van der Waals surface area (Å²) >= 11 is 0. The molecule has 0 unspecified atom stereocenters. The number of amides is 2. The van der Waals surface area contributed by atoms with E-state index in [1.807, 2.05) is 26.8 Å². The number of carbonyl (C=O) groups excluding carboxylic acids is 1. The quantitative estimate of drug-likeness (QED) is 0.746. The average molecular weight is 298 g/mol. The highest BCUT2D eigenvalue weighted by Gasteiger charge is 2.23. The molecule has 1 aromatic heterocycles. The second-order valence-corrected chi connectivity index (χ2v) is 5.57. The van der Waals surface area contributed by atoms with Crippen LogP contribution in [0.1, 0.15) is 43.9 Å². The van der Waals surface area contributed by atoms with Gasteiger partial charge in [-0.05, 0) is 40.7 Å². The maximum Gasteiger partial charge on any atom is 0.318 e. The maximum atomic E-state index is 12.3. The Morgan fingerprint density at radius 3 is 2.43 bits per heavy atom. The lowest BCUT2D eigenvalue weighted by Gasteiger charge is -2.30. The first-order chi connectivity index (χ1) is 9.76. The molecule has 6 heteroatoms. The minimum absolute atomic E-state index is 0.154. The van der Waals surface area contributed by atoms with Crippen LogP contribution in [0, 0.1) is 13.8 Å². The summed E-state index contributed by atoms with van der Waals surface area (Å²) in [5.41, 5.74) is 0.925. The van der Waals surface area contributed by atoms with Gasteiger partial charge in [0.1, 0.15) is 11.5 Å². The van der Waals surface area contributed by atoms with Crippen LogP contribution in [0.4, 0.5) is 4.79 Å². The molecule has 3 N–H and O–H groups in total. The fraction of sp³-hybridized carbons (Fsp3) is 0.667. The summed E-state index contributed by atoms with van der Waals surface area (Å²) in [4.78, 5) is 13.8. The average Bonchev–Trinajstić information content (AvgIpc) is 2.73. The number of aliphatic hydroxyl groups excluding tert-OH is 2. The number of furan rings is 1. The first kappa shape index (κ1) is 17.5. The highest BCUT2D eigenvalue weighted by molar-refractivity contribution is 5.75. The fourth-order valence-corrected chi connectivity index (χ4v) is 2.27. The van der Waals surface area contributed by atoms with E-state index in [1.54, 1.807) is 13.8 Å². The number of hydrogen-bond donors (Lipinski definition) is 3. The Kier molecular flexibility index (Phi) is 6.23. The first-order valence-electron chi connectivity index (χ1n) is 7.19. The normalized spacial score (nSPS) is 15.4. The van der Waals surface area contributed by atoms with E-state index in [1.165, 1.54) is 4.90 Å². The van der Waals surface area contributed by atoms with Gasteiger partial charge < -0.3 is 24.8 Å². The molecule has 0 saturated carbocycles. The van der Waals surface area contributed by atoms with Gasteiger partial charge in [0.25, 0.3) is 0 Å². The zero-order valence-corrected chi connectivity index (χ0v) is 13.4. The van der Waals surface area contributed by atoms with Crippen molar-refractivity contribution in [3.05, 3.63) is 23.2 Å². The third-order valence-electron chi connectivity index (χ3n) is 3.40. The van der Waals surface area contributed by atoms with Crippen LogP contribution in [0.3, 0.4) is 0 Å². The third kappa shape index (κ3) is 4.75. The van der Waals surface area contributed by atoms with Gasteiger partial charge in [0.15, 0.2) is 0 Å². The molecule has 6 nitrogen and oxygen atoms in total. The summed E-state index contributed by atoms with van der Waals surface area (Å²) in [5.74, 6) is 1.57. The van der Waals surface area contributed by atoms with Crippen LogP contribution in [-0.2, 0) is 0 Å². The minimum Gasteiger partial charge on any atom is -0.466 e. The van der Waals surface area contributed by atoms with Crippen molar-refractivity contribution < 1.29 is 19.4 Å². The first-order valence-corrected chi connectivity index (χ1v) is 7.19. The van der Waals surface area contributed by atoms with Crippen LogP contribution in [0.2, 0.25) is 0 Å². The Morgan fingerprint density at radius 1 is 1.38 bits per heavy atom. The second kappa shape index (κ2) is 7.47. The van der Waals surface area contributed by atoms with Gasteiger partial charge in [-0.3, -0.25) is 0 Å². The summed E-state index contributed by atoms with van der Waals surface area (Å²) in [6.45, 7) is 8.95. The van der Waals surface area contributed by atoms with Crippen LogP contribution in [-0.4, -0.2) is 46.4 Å². The number of carbonyl (C=O) groups is 1. The fourth-order valence-electron chi connectivity index (χ4n) is 2.27. The SMILES string of the molecule is Cc1cc([C@H](C)NC(=O)N(C[C@H](C)O)[C@@H](C)CO)c(C)o1. The van der Waals surface area contributed by atoms with Crippen LogP contribution in [0.15, 0.2) is 10.5 Å². The van der Waals surface area contributed by atoms with Crippen LogP contribution in [0.5, 0.6) is 0 Å². The van der Waals surface area contributed by atoms with E-state index in [0.717, 1.165) is 17.1 Å². The van der Waals surface area contributed by atoms with Crippen molar-refractivity contribution in [3.8, 4) is 0 Å². The standard InChI is InChI=1S/C15H26N2O4/c1-9(8-18)17(7-10(2)19)15(20)16-12(4)14-6-11(3)21-13(14)5/h6,9-10,12,18-19H,7-8H2,1-5H3,(H,16,20)/t9-,10-,12-/m0/s1. The number of nitrogens with one attached hydrogen (secondary N) is 1. The Bertz CT molecular complexity index is 470. The number of hydrogen-bond acceptors (Lipinski definition) is 4. The molecule has 0 bridgehead atoms. The van der Waals surface area contributed by atoms with E-state index in [9.17, 15) is 15.0 Å². The lowest BCUT2D eigenvalue weighted by molar-refractivity contribution is 0.0926. The van der Waals surface area contributed by atoms with Crippen molar-refractivity contribution in [3.63, 3.8) is 0 Å². The van der Waals surface area contributed by atoms with Crippen molar-refractivity contribution in [1.82, 2.24) is 10.2 Å². The van der Waals surface area contributed by atoms with E-state index >= 15 is 0 Å². The third-order valence-corrected chi connectivity index (χ3v) is 3.40. The zero-order valence-electron chi connectivity index (χ0n) is 13.4. The summed E-state index contributed by atoms with van der Waals surface area (Å²) in [7, 11) is 0. The predicted molar refractivity (Wildman–Crippen MR) is 80.1 cm³/mol. The summed E-state index contributed by atoms with van der Waals surface area (Å²) in [5, 5.41) is 21.6. The largest absolute Gasteiger partial charge is 0.466 e. The molecular formula is C15H26N2O4. The highest BCUT2D eigenvalue weighted by Crippen LogP contribution is 2.21. The molecule has 1 aromatic rings. The molecule has 0 aromatic carbocycles. The molecule has 21 heavy (non-hydrogen) atoms. The number of aryl methyl sites for hydroxylation is 2. The topological polar surface area (TPSA) is 85.9 Å². The predicted octanol–water partition coefficient (Wildman–Crippen LogP) is 1.73. The van der Waals surface area contributed by atoms with E-state index in [4.69, 9.17) is 4.42 Å². The maximum absolute atomic E-state index is 12.3. The van der Waals surface area contributed by atoms with Gasteiger partial charge in [-0.2, -0.15) is 0 Å². The summed E-state index contributed by atoms with van der Waals surface area (Å²) in [6.07, 6.45) is -0.655. The number of aliphatic hydroxyl groups is 2. The van der Waals surface area contributed by atoms with Crippen LogP contribution < -0.4 is 5.32 Å². The number of nitrogens with zero attached hydrogens (tertiary/aromatic N) is 1. The minimum atomic E-state index is -0.655. The molecule has 0 aliphatic carbocycles. The molecule has 1 rings (SSSR count). The van der Waals surface area contributed by atoms with Crippen molar-refractivity contribution in [2.45, 2.75) is 52.8 Å². The molecule has 2 amide bonds. The second-order valence-electron chi connectivity index (χ2n) is 5.57. The van der Waals surface area contributed by atoms with E-state index in [0.29, 0.717) is 0 Å². The number of rotatable bonds is 6. The zero-order chi connectivity index (χ0) is 16.2. The molecule has 0 spiro atoms. The Hall–Kier alpha value is -1.53. The monoisotopic (exact) mass is 298 g/mol. The van der Waals surface area contributed by atoms with Gasteiger partial charge in [-0.25, -0.2) is 4.79 Å². The molecule has 120 valence electrons. The van der Waals surface area contributed by atoms with Crippen molar-refractivity contribution in [1.29, 1.82) is 0 Å². The van der Waals surface area contributed by atoms with Gasteiger partial charge in [-0.15, -0.1) is 0 Å². The van der Waals surface area contributed by atoms with E-state index in [2.05, 4.69) is 5.32 Å². The molecule has 0 saturated heterocycles. The van der Waals surface area contributed by atoms with Crippen LogP contribution >= 0.6 is 0 Å². The lowest BCUT2D eigenvalue weighted by atomic mass is 10.1. The molecule has 0 fully saturated rings. The molecule has 0 radical (unpaired) electrons. The molecule has 0 aliphatic rings. The van der Waals surface area contributed by atoms with Crippen molar-refractivity contribution >= 4 is 6.03 Å². The molecule has 0 aliphatic heterocycles. The highest BCUT2D eigenvalue weighted by atomic mass is 16.3. The summed E-state index contributed by atoms with van der Waals surface area (Å²) in [6, 6.07) is 1.01.